The van der Waals surface area contributed by atoms with Gasteiger partial charge in [-0.2, -0.15) is 20.1 Å². The fourth-order valence-corrected chi connectivity index (χ4v) is 1.29. The lowest BCUT2D eigenvalue weighted by atomic mass is 10.6. The van der Waals surface area contributed by atoms with E-state index in [9.17, 15) is 0 Å². The van der Waals surface area contributed by atoms with E-state index in [1.54, 1.807) is 6.20 Å². The molecule has 0 aliphatic carbocycles. The van der Waals surface area contributed by atoms with Crippen molar-refractivity contribution in [3.05, 3.63) is 23.0 Å². The van der Waals surface area contributed by atoms with Crippen LogP contribution in [0.5, 0.6) is 5.75 Å². The van der Waals surface area contributed by atoms with E-state index < -0.39 is 0 Å². The summed E-state index contributed by atoms with van der Waals surface area (Å²) in [5, 5.41) is 3.99. The zero-order chi connectivity index (χ0) is 10.8. The third-order valence-corrected chi connectivity index (χ3v) is 1.91. The van der Waals surface area contributed by atoms with Gasteiger partial charge in [0.15, 0.2) is 5.75 Å². The van der Waals surface area contributed by atoms with Crippen LogP contribution in [0.1, 0.15) is 0 Å². The third kappa shape index (κ3) is 2.16. The molecule has 0 amide bonds. The Morgan fingerprint density at radius 3 is 2.40 bits per heavy atom. The van der Waals surface area contributed by atoms with Crippen molar-refractivity contribution >= 4 is 23.2 Å². The first-order chi connectivity index (χ1) is 7.19. The zero-order valence-electron chi connectivity index (χ0n) is 7.55. The van der Waals surface area contributed by atoms with E-state index in [2.05, 4.69) is 20.1 Å². The molecule has 6 nitrogen and oxygen atoms in total. The number of aromatic nitrogens is 5. The number of rotatable bonds is 2. The van der Waals surface area contributed by atoms with Gasteiger partial charge in [-0.1, -0.05) is 0 Å². The van der Waals surface area contributed by atoms with E-state index in [0.29, 0.717) is 5.75 Å². The molecule has 8 heteroatoms. The van der Waals surface area contributed by atoms with Gasteiger partial charge in [-0.25, -0.2) is 4.68 Å². The van der Waals surface area contributed by atoms with Crippen molar-refractivity contribution in [2.24, 2.45) is 0 Å². The zero-order valence-corrected chi connectivity index (χ0v) is 9.07. The molecule has 78 valence electrons. The molecule has 0 aliphatic heterocycles. The number of ether oxygens (including phenoxy) is 1. The molecule has 0 aromatic carbocycles. The molecule has 15 heavy (non-hydrogen) atoms. The van der Waals surface area contributed by atoms with Gasteiger partial charge in [-0.3, -0.25) is 0 Å². The summed E-state index contributed by atoms with van der Waals surface area (Å²) in [4.78, 5) is 11.3. The molecule has 0 bridgehead atoms. The molecule has 0 N–H and O–H groups in total. The molecular formula is C7H5Cl2N5O. The largest absolute Gasteiger partial charge is 0.493 e. The predicted molar refractivity (Wildman–Crippen MR) is 53.5 cm³/mol. The number of hydrogen-bond donors (Lipinski definition) is 0. The quantitative estimate of drug-likeness (QED) is 0.800. The smallest absolute Gasteiger partial charge is 0.256 e. The predicted octanol–water partition coefficient (Wildman–Crippen LogP) is 1.37. The standard InChI is InChI=1S/C7H5Cl2N5O/c1-15-4-2-10-14(3-4)7-12-5(8)11-6(9)13-7/h2-3H,1H3. The number of halogens is 2. The van der Waals surface area contributed by atoms with Crippen LogP contribution >= 0.6 is 23.2 Å². The van der Waals surface area contributed by atoms with Crippen LogP contribution in [-0.4, -0.2) is 31.8 Å². The van der Waals surface area contributed by atoms with Crippen LogP contribution in [0.4, 0.5) is 0 Å². The Kier molecular flexibility index (Phi) is 2.70. The summed E-state index contributed by atoms with van der Waals surface area (Å²) in [7, 11) is 1.54. The molecule has 2 heterocycles. The second-order valence-electron chi connectivity index (χ2n) is 2.50. The van der Waals surface area contributed by atoms with Gasteiger partial charge < -0.3 is 4.74 Å². The second-order valence-corrected chi connectivity index (χ2v) is 3.17. The van der Waals surface area contributed by atoms with Crippen LogP contribution < -0.4 is 4.74 Å². The van der Waals surface area contributed by atoms with Crippen molar-refractivity contribution in [1.82, 2.24) is 24.7 Å². The summed E-state index contributed by atoms with van der Waals surface area (Å²) in [6.07, 6.45) is 3.12. The van der Waals surface area contributed by atoms with E-state index in [-0.39, 0.29) is 16.5 Å². The van der Waals surface area contributed by atoms with Crippen LogP contribution in [0.3, 0.4) is 0 Å². The van der Waals surface area contributed by atoms with E-state index in [4.69, 9.17) is 27.9 Å². The maximum atomic E-state index is 5.62. The molecule has 2 aromatic rings. The molecule has 0 aliphatic rings. The van der Waals surface area contributed by atoms with Gasteiger partial charge >= 0.3 is 0 Å². The Hall–Kier alpha value is -1.40. The van der Waals surface area contributed by atoms with Gasteiger partial charge in [0.05, 0.1) is 19.5 Å². The molecule has 2 rings (SSSR count). The minimum atomic E-state index is 0.0134. The average molecular weight is 246 g/mol. The first-order valence-corrected chi connectivity index (χ1v) is 4.61. The van der Waals surface area contributed by atoms with Gasteiger partial charge in [0.25, 0.3) is 5.95 Å². The average Bonchev–Trinajstić information content (AvgIpc) is 2.64. The van der Waals surface area contributed by atoms with Crippen molar-refractivity contribution in [2.75, 3.05) is 7.11 Å². The molecule has 0 spiro atoms. The maximum absolute atomic E-state index is 5.62. The fourth-order valence-electron chi connectivity index (χ4n) is 0.940. The summed E-state index contributed by atoms with van der Waals surface area (Å²) >= 11 is 11.2. The second kappa shape index (κ2) is 4.00. The fraction of sp³-hybridized carbons (Fsp3) is 0.143. The molecular weight excluding hydrogens is 241 g/mol. The highest BCUT2D eigenvalue weighted by atomic mass is 35.5. The summed E-state index contributed by atoms with van der Waals surface area (Å²) in [5.74, 6) is 0.825. The number of methoxy groups -OCH3 is 1. The normalized spacial score (nSPS) is 10.3. The van der Waals surface area contributed by atoms with Gasteiger partial charge in [0.1, 0.15) is 0 Å². The highest BCUT2D eigenvalue weighted by Crippen LogP contribution is 2.12. The first kappa shape index (κ1) is 10.1. The van der Waals surface area contributed by atoms with Gasteiger partial charge in [0.2, 0.25) is 10.6 Å². The molecule has 0 unspecified atom stereocenters. The number of nitrogens with zero attached hydrogens (tertiary/aromatic N) is 5. The Morgan fingerprint density at radius 1 is 1.20 bits per heavy atom. The summed E-state index contributed by atoms with van der Waals surface area (Å²) < 4.78 is 6.34. The molecule has 0 saturated carbocycles. The van der Waals surface area contributed by atoms with Crippen molar-refractivity contribution in [2.45, 2.75) is 0 Å². The van der Waals surface area contributed by atoms with Crippen molar-refractivity contribution in [3.8, 4) is 11.7 Å². The Balaban J connectivity index is 2.44. The third-order valence-electron chi connectivity index (χ3n) is 1.57. The van der Waals surface area contributed by atoms with Crippen molar-refractivity contribution in [3.63, 3.8) is 0 Å². The molecule has 0 fully saturated rings. The van der Waals surface area contributed by atoms with Crippen LogP contribution in [0, 0.1) is 0 Å². The van der Waals surface area contributed by atoms with Crippen molar-refractivity contribution in [1.29, 1.82) is 0 Å². The van der Waals surface area contributed by atoms with E-state index >= 15 is 0 Å². The van der Waals surface area contributed by atoms with Gasteiger partial charge in [-0.05, 0) is 23.2 Å². The maximum Gasteiger partial charge on any atom is 0.256 e. The summed E-state index contributed by atoms with van der Waals surface area (Å²) in [6, 6.07) is 0. The van der Waals surface area contributed by atoms with Gasteiger partial charge in [-0.15, -0.1) is 0 Å². The minimum Gasteiger partial charge on any atom is -0.493 e. The summed E-state index contributed by atoms with van der Waals surface area (Å²) in [5.41, 5.74) is 0. The van der Waals surface area contributed by atoms with E-state index in [1.807, 2.05) is 0 Å². The molecule has 2 aromatic heterocycles. The van der Waals surface area contributed by atoms with Crippen LogP contribution in [0.2, 0.25) is 10.6 Å². The minimum absolute atomic E-state index is 0.0134. The molecule has 0 radical (unpaired) electrons. The highest BCUT2D eigenvalue weighted by molar-refractivity contribution is 6.31. The lowest BCUT2D eigenvalue weighted by molar-refractivity contribution is 0.414. The monoisotopic (exact) mass is 245 g/mol. The van der Waals surface area contributed by atoms with Crippen LogP contribution in [0.15, 0.2) is 12.4 Å². The van der Waals surface area contributed by atoms with E-state index in [0.717, 1.165) is 0 Å². The number of hydrogen-bond acceptors (Lipinski definition) is 5. The lowest BCUT2D eigenvalue weighted by Crippen LogP contribution is -2.03. The van der Waals surface area contributed by atoms with Crippen LogP contribution in [-0.2, 0) is 0 Å². The molecule has 0 saturated heterocycles. The summed E-state index contributed by atoms with van der Waals surface area (Å²) in [6.45, 7) is 0. The van der Waals surface area contributed by atoms with Crippen LogP contribution in [0.25, 0.3) is 5.95 Å². The first-order valence-electron chi connectivity index (χ1n) is 3.85. The Bertz CT molecular complexity index is 466. The Labute approximate surface area is 94.8 Å². The van der Waals surface area contributed by atoms with Crippen molar-refractivity contribution < 1.29 is 4.74 Å². The van der Waals surface area contributed by atoms with Gasteiger partial charge in [0, 0.05) is 0 Å². The SMILES string of the molecule is COc1cnn(-c2nc(Cl)nc(Cl)n2)c1. The topological polar surface area (TPSA) is 65.7 Å². The lowest BCUT2D eigenvalue weighted by Gasteiger charge is -1.98. The Morgan fingerprint density at radius 2 is 1.87 bits per heavy atom. The van der Waals surface area contributed by atoms with E-state index in [1.165, 1.54) is 18.0 Å². The highest BCUT2D eigenvalue weighted by Gasteiger charge is 2.07. The molecule has 0 atom stereocenters.